The fourth-order valence-corrected chi connectivity index (χ4v) is 4.68. The van der Waals surface area contributed by atoms with E-state index in [2.05, 4.69) is 18.1 Å². The fraction of sp³-hybridized carbons (Fsp3) is 0.786. The molecule has 0 saturated heterocycles. The maximum absolute atomic E-state index is 12.8. The molecule has 0 aliphatic heterocycles. The molecule has 0 saturated carbocycles. The lowest BCUT2D eigenvalue weighted by Gasteiger charge is -2.23. The fourth-order valence-electron chi connectivity index (χ4n) is 2.18. The predicted octanol–water partition coefficient (Wildman–Crippen LogP) is 0.720. The highest BCUT2D eigenvalue weighted by Gasteiger charge is 2.34. The highest BCUT2D eigenvalue weighted by atomic mass is 32.2. The summed E-state index contributed by atoms with van der Waals surface area (Å²) in [5, 5.41) is 10.6. The highest BCUT2D eigenvalue weighted by Crippen LogP contribution is 2.25. The average Bonchev–Trinajstić information content (AvgIpc) is 2.67. The van der Waals surface area contributed by atoms with Crippen LogP contribution in [0.4, 0.5) is 0 Å². The van der Waals surface area contributed by atoms with Gasteiger partial charge >= 0.3 is 10.2 Å². The maximum atomic E-state index is 12.8. The number of rotatable bonds is 5. The zero-order valence-corrected chi connectivity index (χ0v) is 16.6. The normalized spacial score (nSPS) is 14.9. The lowest BCUT2D eigenvalue weighted by Crippen LogP contribution is -2.36. The Balaban J connectivity index is 3.82. The van der Waals surface area contributed by atoms with Gasteiger partial charge < -0.3 is 5.11 Å². The van der Waals surface area contributed by atoms with Gasteiger partial charge in [0.15, 0.2) is 0 Å². The minimum atomic E-state index is -3.69. The lowest BCUT2D eigenvalue weighted by molar-refractivity contribution is 0.194. The molecule has 127 valence electrons. The van der Waals surface area contributed by atoms with E-state index in [0.29, 0.717) is 11.5 Å². The van der Waals surface area contributed by atoms with Crippen molar-refractivity contribution in [1.29, 1.82) is 0 Å². The van der Waals surface area contributed by atoms with Gasteiger partial charge in [-0.25, -0.2) is 8.96 Å². The Morgan fingerprint density at radius 1 is 1.32 bits per heavy atom. The molecule has 1 heterocycles. The summed E-state index contributed by atoms with van der Waals surface area (Å²) in [6, 6.07) is 0. The van der Waals surface area contributed by atoms with Gasteiger partial charge in [0.25, 0.3) is 0 Å². The Hall–Kier alpha value is -0.703. The van der Waals surface area contributed by atoms with E-state index in [9.17, 15) is 13.5 Å². The van der Waals surface area contributed by atoms with E-state index in [1.165, 1.54) is 22.4 Å². The summed E-state index contributed by atoms with van der Waals surface area (Å²) >= 11 is 0. The van der Waals surface area contributed by atoms with E-state index in [1.807, 2.05) is 20.8 Å². The van der Waals surface area contributed by atoms with Crippen LogP contribution in [0.3, 0.4) is 0 Å². The van der Waals surface area contributed by atoms with Crippen molar-refractivity contribution in [2.75, 3.05) is 14.1 Å². The predicted molar refractivity (Wildman–Crippen MR) is 91.4 cm³/mol. The van der Waals surface area contributed by atoms with E-state index in [-0.39, 0.29) is 6.42 Å². The Morgan fingerprint density at radius 2 is 1.82 bits per heavy atom. The molecular formula is C14H28N3O3SSi. The van der Waals surface area contributed by atoms with Crippen LogP contribution < -0.4 is 5.32 Å². The SMILES string of the molecule is CC(O)Cc1c([Si](C)C)nc(C(C)(C)C)n1S(=O)(=O)N(C)C. The van der Waals surface area contributed by atoms with Crippen molar-refractivity contribution in [3.05, 3.63) is 11.5 Å². The number of hydrogen-bond acceptors (Lipinski definition) is 4. The van der Waals surface area contributed by atoms with E-state index >= 15 is 0 Å². The topological polar surface area (TPSA) is 75.4 Å². The molecule has 0 aromatic carbocycles. The summed E-state index contributed by atoms with van der Waals surface area (Å²) in [5.74, 6) is 0.526. The quantitative estimate of drug-likeness (QED) is 0.797. The number of aromatic nitrogens is 2. The van der Waals surface area contributed by atoms with Crippen LogP contribution in [-0.2, 0) is 22.0 Å². The summed E-state index contributed by atoms with van der Waals surface area (Å²) in [5.41, 5.74) is 0.207. The summed E-state index contributed by atoms with van der Waals surface area (Å²) < 4.78 is 28.2. The third-order valence-electron chi connectivity index (χ3n) is 3.25. The van der Waals surface area contributed by atoms with Crippen LogP contribution >= 0.6 is 0 Å². The molecule has 0 spiro atoms. The second-order valence-corrected chi connectivity index (χ2v) is 11.6. The molecule has 0 bridgehead atoms. The van der Waals surface area contributed by atoms with E-state index in [4.69, 9.17) is 0 Å². The highest BCUT2D eigenvalue weighted by molar-refractivity contribution is 7.87. The molecule has 1 rings (SSSR count). The number of hydrogen-bond donors (Lipinski definition) is 1. The first kappa shape index (κ1) is 19.3. The van der Waals surface area contributed by atoms with Gasteiger partial charge in [0, 0.05) is 31.2 Å². The number of aliphatic hydroxyl groups is 1. The Kier molecular flexibility index (Phi) is 5.65. The molecule has 6 nitrogen and oxygen atoms in total. The first-order valence-corrected chi connectivity index (χ1v) is 11.2. The molecule has 1 atom stereocenters. The molecule has 1 aromatic heterocycles. The van der Waals surface area contributed by atoms with Crippen molar-refractivity contribution < 1.29 is 13.5 Å². The molecule has 0 aliphatic carbocycles. The van der Waals surface area contributed by atoms with E-state index < -0.39 is 30.5 Å². The second kappa shape index (κ2) is 6.43. The molecular weight excluding hydrogens is 318 g/mol. The summed E-state index contributed by atoms with van der Waals surface area (Å²) in [6.45, 7) is 11.7. The smallest absolute Gasteiger partial charge is 0.308 e. The van der Waals surface area contributed by atoms with Crippen LogP contribution in [-0.4, -0.2) is 55.8 Å². The Morgan fingerprint density at radius 3 is 2.14 bits per heavy atom. The van der Waals surface area contributed by atoms with Gasteiger partial charge in [-0.3, -0.25) is 0 Å². The van der Waals surface area contributed by atoms with Crippen molar-refractivity contribution in [3.8, 4) is 0 Å². The van der Waals surface area contributed by atoms with Crippen LogP contribution in [0.5, 0.6) is 0 Å². The third kappa shape index (κ3) is 3.79. The molecule has 1 radical (unpaired) electrons. The van der Waals surface area contributed by atoms with Gasteiger partial charge in [0.1, 0.15) is 14.6 Å². The molecule has 1 aromatic rings. The van der Waals surface area contributed by atoms with Gasteiger partial charge in [-0.2, -0.15) is 12.7 Å². The summed E-state index contributed by atoms with van der Waals surface area (Å²) in [6.07, 6.45) is -0.345. The number of nitrogens with zero attached hydrogens (tertiary/aromatic N) is 3. The van der Waals surface area contributed by atoms with Gasteiger partial charge in [-0.1, -0.05) is 33.9 Å². The molecule has 0 amide bonds. The molecule has 1 N–H and O–H groups in total. The minimum Gasteiger partial charge on any atom is -0.393 e. The number of aliphatic hydroxyl groups excluding tert-OH is 1. The maximum Gasteiger partial charge on any atom is 0.308 e. The van der Waals surface area contributed by atoms with Crippen LogP contribution in [0, 0.1) is 0 Å². The first-order chi connectivity index (χ1) is 9.80. The van der Waals surface area contributed by atoms with Gasteiger partial charge in [-0.15, -0.1) is 0 Å². The van der Waals surface area contributed by atoms with Crippen LogP contribution in [0.2, 0.25) is 13.1 Å². The molecule has 0 fully saturated rings. The van der Waals surface area contributed by atoms with Crippen molar-refractivity contribution in [1.82, 2.24) is 13.3 Å². The van der Waals surface area contributed by atoms with Crippen LogP contribution in [0.15, 0.2) is 0 Å². The van der Waals surface area contributed by atoms with Crippen molar-refractivity contribution in [3.63, 3.8) is 0 Å². The summed E-state index contributed by atoms with van der Waals surface area (Å²) in [4.78, 5) is 4.67. The first-order valence-electron chi connectivity index (χ1n) is 7.33. The average molecular weight is 347 g/mol. The zero-order valence-electron chi connectivity index (χ0n) is 14.8. The van der Waals surface area contributed by atoms with Crippen LogP contribution in [0.25, 0.3) is 0 Å². The monoisotopic (exact) mass is 346 g/mol. The second-order valence-electron chi connectivity index (χ2n) is 7.09. The molecule has 22 heavy (non-hydrogen) atoms. The van der Waals surface area contributed by atoms with Crippen molar-refractivity contribution in [2.24, 2.45) is 0 Å². The van der Waals surface area contributed by atoms with E-state index in [0.717, 1.165) is 5.32 Å². The van der Waals surface area contributed by atoms with Gasteiger partial charge in [0.2, 0.25) is 0 Å². The van der Waals surface area contributed by atoms with Crippen molar-refractivity contribution in [2.45, 2.75) is 58.7 Å². The minimum absolute atomic E-state index is 0.279. The molecule has 0 aliphatic rings. The molecule has 1 unspecified atom stereocenters. The standard InChI is InChI=1S/C14H28N3O3SSi/c1-10(18)9-11-12(22(7)8)15-13(14(2,3)4)17(11)21(19,20)16(5)6/h10,18H,9H2,1-8H3. The molecule has 8 heteroatoms. The lowest BCUT2D eigenvalue weighted by atomic mass is 9.96. The summed E-state index contributed by atoms with van der Waals surface area (Å²) in [7, 11) is -1.62. The zero-order chi connectivity index (χ0) is 17.5. The van der Waals surface area contributed by atoms with Crippen molar-refractivity contribution >= 4 is 24.3 Å². The van der Waals surface area contributed by atoms with E-state index in [1.54, 1.807) is 6.92 Å². The Labute approximate surface area is 136 Å². The largest absolute Gasteiger partial charge is 0.393 e. The van der Waals surface area contributed by atoms with Crippen LogP contribution in [0.1, 0.15) is 39.2 Å². The Bertz CT molecular complexity index is 628. The number of imidazole rings is 1. The van der Waals surface area contributed by atoms with Gasteiger partial charge in [-0.05, 0) is 6.92 Å². The van der Waals surface area contributed by atoms with Gasteiger partial charge in [0.05, 0.1) is 11.8 Å². The third-order valence-corrected chi connectivity index (χ3v) is 6.38.